The summed E-state index contributed by atoms with van der Waals surface area (Å²) < 4.78 is 18.3. The van der Waals surface area contributed by atoms with Crippen molar-refractivity contribution >= 4 is 37.5 Å². The molecule has 1 aromatic carbocycles. The number of fused-ring (bicyclic) bond motifs is 1. The van der Waals surface area contributed by atoms with Gasteiger partial charge in [0.25, 0.3) is 0 Å². The molecule has 1 aromatic heterocycles. The lowest BCUT2D eigenvalue weighted by molar-refractivity contribution is 0.171. The van der Waals surface area contributed by atoms with Crippen LogP contribution in [0, 0.1) is 0 Å². The average molecular weight is 389 g/mol. The van der Waals surface area contributed by atoms with E-state index in [-0.39, 0.29) is 0 Å². The van der Waals surface area contributed by atoms with Gasteiger partial charge < -0.3 is 19.2 Å². The molecule has 2 aromatic rings. The summed E-state index contributed by atoms with van der Waals surface area (Å²) in [4.78, 5) is 0. The van der Waals surface area contributed by atoms with Crippen molar-refractivity contribution in [1.29, 1.82) is 0 Å². The number of hydrogen-bond acceptors (Lipinski definition) is 4. The van der Waals surface area contributed by atoms with Gasteiger partial charge in [-0.25, -0.2) is 0 Å². The van der Waals surface area contributed by atoms with Crippen LogP contribution in [0.4, 0.5) is 5.69 Å². The van der Waals surface area contributed by atoms with Crippen LogP contribution in [0.2, 0.25) is 0 Å². The molecule has 3 rings (SSSR count). The lowest BCUT2D eigenvalue weighted by Gasteiger charge is -2.20. The van der Waals surface area contributed by atoms with E-state index in [2.05, 4.69) is 37.2 Å². The van der Waals surface area contributed by atoms with Crippen LogP contribution >= 0.6 is 31.9 Å². The summed E-state index contributed by atoms with van der Waals surface area (Å²) in [5, 5.41) is 3.30. The Balaban J connectivity index is 1.79. The summed E-state index contributed by atoms with van der Waals surface area (Å²) in [6, 6.07) is 5.71. The molecule has 1 N–H and O–H groups in total. The molecule has 2 heterocycles. The van der Waals surface area contributed by atoms with Crippen LogP contribution in [-0.2, 0) is 6.54 Å². The highest BCUT2D eigenvalue weighted by atomic mass is 79.9. The minimum absolute atomic E-state index is 0.581. The highest BCUT2D eigenvalue weighted by Crippen LogP contribution is 2.38. The van der Waals surface area contributed by atoms with E-state index >= 15 is 0 Å². The number of ether oxygens (including phenoxy) is 2. The van der Waals surface area contributed by atoms with E-state index in [9.17, 15) is 0 Å². The Labute approximate surface area is 127 Å². The zero-order valence-corrected chi connectivity index (χ0v) is 13.1. The van der Waals surface area contributed by atoms with Crippen molar-refractivity contribution in [3.05, 3.63) is 39.2 Å². The molecular formula is C13H11Br2NO3. The summed E-state index contributed by atoms with van der Waals surface area (Å²) in [5.74, 6) is 2.38. The van der Waals surface area contributed by atoms with E-state index in [4.69, 9.17) is 13.9 Å². The molecule has 0 bridgehead atoms. The first-order valence-electron chi connectivity index (χ1n) is 5.79. The zero-order valence-electron chi connectivity index (χ0n) is 9.91. The molecule has 4 nitrogen and oxygen atoms in total. The highest BCUT2D eigenvalue weighted by Gasteiger charge is 2.15. The van der Waals surface area contributed by atoms with Crippen LogP contribution in [0.1, 0.15) is 5.76 Å². The number of benzene rings is 1. The number of nitrogens with one attached hydrogen (secondary N) is 1. The van der Waals surface area contributed by atoms with E-state index in [0.29, 0.717) is 19.8 Å². The van der Waals surface area contributed by atoms with Crippen molar-refractivity contribution in [2.24, 2.45) is 0 Å². The summed E-state index contributed by atoms with van der Waals surface area (Å²) in [7, 11) is 0. The lowest BCUT2D eigenvalue weighted by atomic mass is 10.2. The van der Waals surface area contributed by atoms with Gasteiger partial charge in [0.15, 0.2) is 11.5 Å². The van der Waals surface area contributed by atoms with Crippen molar-refractivity contribution in [2.45, 2.75) is 6.54 Å². The van der Waals surface area contributed by atoms with Gasteiger partial charge in [-0.15, -0.1) is 0 Å². The van der Waals surface area contributed by atoms with Crippen LogP contribution in [0.25, 0.3) is 0 Å². The predicted molar refractivity (Wildman–Crippen MR) is 78.9 cm³/mol. The largest absolute Gasteiger partial charge is 0.486 e. The highest BCUT2D eigenvalue weighted by molar-refractivity contribution is 9.10. The molecule has 0 atom stereocenters. The van der Waals surface area contributed by atoms with Crippen molar-refractivity contribution < 1.29 is 13.9 Å². The normalized spacial score (nSPS) is 13.4. The van der Waals surface area contributed by atoms with Gasteiger partial charge in [0.2, 0.25) is 0 Å². The Bertz CT molecular complexity index is 598. The molecule has 1 aliphatic heterocycles. The molecule has 0 saturated heterocycles. The molecule has 100 valence electrons. The Kier molecular flexibility index (Phi) is 3.70. The lowest BCUT2D eigenvalue weighted by Crippen LogP contribution is -2.15. The van der Waals surface area contributed by atoms with Crippen molar-refractivity contribution in [1.82, 2.24) is 0 Å². The fourth-order valence-electron chi connectivity index (χ4n) is 1.83. The van der Waals surface area contributed by atoms with Crippen molar-refractivity contribution in [3.8, 4) is 11.5 Å². The third kappa shape index (κ3) is 2.74. The number of halogens is 2. The average Bonchev–Trinajstić information content (AvgIpc) is 2.82. The fourth-order valence-corrected chi connectivity index (χ4v) is 2.63. The maximum absolute atomic E-state index is 5.56. The Morgan fingerprint density at radius 1 is 1.05 bits per heavy atom. The summed E-state index contributed by atoms with van der Waals surface area (Å²) in [5.41, 5.74) is 0.938. The van der Waals surface area contributed by atoms with E-state index in [0.717, 1.165) is 31.9 Å². The first-order valence-corrected chi connectivity index (χ1v) is 7.37. The Morgan fingerprint density at radius 2 is 1.79 bits per heavy atom. The fraction of sp³-hybridized carbons (Fsp3) is 0.231. The number of furan rings is 1. The maximum Gasteiger partial charge on any atom is 0.163 e. The first kappa shape index (κ1) is 12.9. The smallest absolute Gasteiger partial charge is 0.163 e. The van der Waals surface area contributed by atoms with Gasteiger partial charge in [-0.2, -0.15) is 0 Å². The zero-order chi connectivity index (χ0) is 13.2. The third-order valence-corrected chi connectivity index (χ3v) is 4.12. The predicted octanol–water partition coefficient (Wildman–Crippen LogP) is 4.19. The van der Waals surface area contributed by atoms with Crippen LogP contribution in [-0.4, -0.2) is 13.2 Å². The third-order valence-electron chi connectivity index (χ3n) is 2.76. The standard InChI is InChI=1S/C13H11Br2NO3/c14-8-1-2-17-13(8)7-16-10-6-12-11(5-9(10)15)18-3-4-19-12/h1-2,5-6,16H,3-4,7H2. The van der Waals surface area contributed by atoms with Crippen molar-refractivity contribution in [3.63, 3.8) is 0 Å². The molecule has 0 unspecified atom stereocenters. The summed E-state index contributed by atoms with van der Waals surface area (Å²) in [6.07, 6.45) is 1.65. The minimum atomic E-state index is 0.581. The van der Waals surface area contributed by atoms with Crippen LogP contribution in [0.3, 0.4) is 0 Å². The van der Waals surface area contributed by atoms with Gasteiger partial charge in [0.05, 0.1) is 23.0 Å². The number of hydrogen-bond donors (Lipinski definition) is 1. The van der Waals surface area contributed by atoms with E-state index in [1.54, 1.807) is 6.26 Å². The van der Waals surface area contributed by atoms with Crippen LogP contribution in [0.15, 0.2) is 37.8 Å². The van der Waals surface area contributed by atoms with Gasteiger partial charge in [0, 0.05) is 16.6 Å². The molecule has 0 fully saturated rings. The Morgan fingerprint density at radius 3 is 2.47 bits per heavy atom. The van der Waals surface area contributed by atoms with Gasteiger partial charge in [-0.1, -0.05) is 0 Å². The molecule has 6 heteroatoms. The topological polar surface area (TPSA) is 43.6 Å². The van der Waals surface area contributed by atoms with Crippen LogP contribution in [0.5, 0.6) is 11.5 Å². The second kappa shape index (κ2) is 5.46. The van der Waals surface area contributed by atoms with E-state index in [1.807, 2.05) is 18.2 Å². The Hall–Kier alpha value is -1.14. The van der Waals surface area contributed by atoms with Gasteiger partial charge >= 0.3 is 0 Å². The summed E-state index contributed by atoms with van der Waals surface area (Å²) >= 11 is 6.95. The van der Waals surface area contributed by atoms with Gasteiger partial charge in [-0.3, -0.25) is 0 Å². The first-order chi connectivity index (χ1) is 9.24. The molecule has 0 amide bonds. The second-order valence-corrected chi connectivity index (χ2v) is 5.73. The van der Waals surface area contributed by atoms with Crippen molar-refractivity contribution in [2.75, 3.05) is 18.5 Å². The minimum Gasteiger partial charge on any atom is -0.486 e. The van der Waals surface area contributed by atoms with E-state index in [1.165, 1.54) is 0 Å². The molecule has 0 spiro atoms. The molecule has 19 heavy (non-hydrogen) atoms. The molecule has 0 aliphatic carbocycles. The SMILES string of the molecule is Brc1cc2c(cc1NCc1occc1Br)OCCO2. The van der Waals surface area contributed by atoms with Gasteiger partial charge in [0.1, 0.15) is 19.0 Å². The second-order valence-electron chi connectivity index (χ2n) is 4.02. The number of rotatable bonds is 3. The molecule has 0 saturated carbocycles. The quantitative estimate of drug-likeness (QED) is 0.856. The summed E-state index contributed by atoms with van der Waals surface area (Å²) in [6.45, 7) is 1.76. The van der Waals surface area contributed by atoms with Crippen LogP contribution < -0.4 is 14.8 Å². The van der Waals surface area contributed by atoms with E-state index < -0.39 is 0 Å². The maximum atomic E-state index is 5.56. The molecular weight excluding hydrogens is 378 g/mol. The monoisotopic (exact) mass is 387 g/mol. The van der Waals surface area contributed by atoms with Gasteiger partial charge in [-0.05, 0) is 37.9 Å². The molecule has 0 radical (unpaired) electrons. The number of anilines is 1. The molecule has 1 aliphatic rings.